The number of nitrogens with one attached hydrogen (secondary N) is 4. The number of fused-ring (bicyclic) bond motifs is 1. The quantitative estimate of drug-likeness (QED) is 0.0874. The van der Waals surface area contributed by atoms with Gasteiger partial charge in [-0.15, -0.1) is 0 Å². The number of hydrogen-bond acceptors (Lipinski definition) is 11. The number of piperazine rings is 1. The fraction of sp³-hybridized carbons (Fsp3) is 0.378. The standard InChI is InChI=1S/C45H49F2N9O6S/c1-3-27(2)63(61,62)53-36-11-10-35(46)40(41(36)47)42(59)34-25-50-43-33(34)23-30(24-49-43)32-5-4-16-48-44(32)56-21-19-55(20-22-56)39(58)26-54-17-14-29(15-18-54)28-6-8-31(9-7-28)51-37-12-13-38(57)52-45(37)60/h4-11,16,23-25,27,29,37,51,53H,3,12-15,17-22,26H2,1-2H3,(H,49,50)(H,52,57,60). The molecule has 3 amide bonds. The SMILES string of the molecule is CCC(C)S(=O)(=O)Nc1ccc(F)c(C(=O)c2c[nH]c3ncc(-c4cccnc4N4CCN(C(=O)CN5CCC(c6ccc(NC7CCC(=O)NC7=O)cc6)CC5)CC4)cc23)c1F. The third kappa shape index (κ3) is 9.27. The molecule has 3 aliphatic rings. The van der Waals surface area contributed by atoms with Gasteiger partial charge >= 0.3 is 0 Å². The zero-order valence-electron chi connectivity index (χ0n) is 35.0. The minimum Gasteiger partial charge on any atom is -0.374 e. The molecule has 4 N–H and O–H groups in total. The van der Waals surface area contributed by atoms with Gasteiger partial charge in [-0.1, -0.05) is 19.1 Å². The Morgan fingerprint density at radius 1 is 0.952 bits per heavy atom. The second kappa shape index (κ2) is 18.2. The van der Waals surface area contributed by atoms with Gasteiger partial charge in [0.2, 0.25) is 33.5 Å². The Bertz CT molecular complexity index is 2660. The van der Waals surface area contributed by atoms with Crippen molar-refractivity contribution in [3.05, 3.63) is 102 Å². The van der Waals surface area contributed by atoms with E-state index in [1.54, 1.807) is 31.5 Å². The van der Waals surface area contributed by atoms with Crippen LogP contribution in [0, 0.1) is 11.6 Å². The highest BCUT2D eigenvalue weighted by Gasteiger charge is 2.31. The highest BCUT2D eigenvalue weighted by atomic mass is 32.2. The molecule has 6 heterocycles. The predicted molar refractivity (Wildman–Crippen MR) is 235 cm³/mol. The molecule has 0 aliphatic carbocycles. The van der Waals surface area contributed by atoms with Crippen molar-refractivity contribution >= 4 is 61.8 Å². The van der Waals surface area contributed by atoms with Crippen molar-refractivity contribution in [1.29, 1.82) is 0 Å². The van der Waals surface area contributed by atoms with Crippen LogP contribution in [-0.4, -0.2) is 114 Å². The Morgan fingerprint density at radius 2 is 1.70 bits per heavy atom. The summed E-state index contributed by atoms with van der Waals surface area (Å²) in [6.45, 7) is 7.14. The molecular weight excluding hydrogens is 833 g/mol. The number of rotatable bonds is 13. The molecule has 8 rings (SSSR count). The van der Waals surface area contributed by atoms with Crippen LogP contribution in [0.5, 0.6) is 0 Å². The summed E-state index contributed by atoms with van der Waals surface area (Å²) in [7, 11) is -3.99. The lowest BCUT2D eigenvalue weighted by molar-refractivity contribution is -0.134. The summed E-state index contributed by atoms with van der Waals surface area (Å²) in [4.78, 5) is 69.2. The minimum atomic E-state index is -3.99. The van der Waals surface area contributed by atoms with E-state index in [0.717, 1.165) is 43.8 Å². The number of pyridine rings is 2. The molecule has 0 radical (unpaired) electrons. The maximum Gasteiger partial charge on any atom is 0.249 e. The zero-order valence-corrected chi connectivity index (χ0v) is 35.8. The Kier molecular flexibility index (Phi) is 12.5. The normalized spacial score (nSPS) is 18.3. The number of imide groups is 1. The number of anilines is 3. The van der Waals surface area contributed by atoms with E-state index in [0.29, 0.717) is 79.5 Å². The topological polar surface area (TPSA) is 190 Å². The number of amides is 3. The molecule has 5 aromatic rings. The van der Waals surface area contributed by atoms with Crippen molar-refractivity contribution in [2.45, 2.75) is 63.2 Å². The van der Waals surface area contributed by atoms with Gasteiger partial charge in [-0.2, -0.15) is 0 Å². The number of sulfonamides is 1. The van der Waals surface area contributed by atoms with Crippen LogP contribution in [-0.2, 0) is 24.4 Å². The molecule has 0 spiro atoms. The molecule has 3 saturated heterocycles. The lowest BCUT2D eigenvalue weighted by atomic mass is 9.89. The number of carbonyl (C=O) groups is 4. The van der Waals surface area contributed by atoms with Gasteiger partial charge in [0.15, 0.2) is 5.82 Å². The van der Waals surface area contributed by atoms with Gasteiger partial charge in [-0.25, -0.2) is 27.2 Å². The first-order chi connectivity index (χ1) is 30.3. The van der Waals surface area contributed by atoms with Gasteiger partial charge < -0.3 is 20.1 Å². The van der Waals surface area contributed by atoms with Gasteiger partial charge in [-0.05, 0) is 99.6 Å². The Morgan fingerprint density at radius 3 is 2.41 bits per heavy atom. The van der Waals surface area contributed by atoms with Crippen LogP contribution in [0.4, 0.5) is 26.0 Å². The average Bonchev–Trinajstić information content (AvgIpc) is 3.72. The first-order valence-electron chi connectivity index (χ1n) is 21.2. The molecule has 2 unspecified atom stereocenters. The highest BCUT2D eigenvalue weighted by molar-refractivity contribution is 7.93. The van der Waals surface area contributed by atoms with E-state index in [1.165, 1.54) is 18.7 Å². The number of piperidine rings is 2. The maximum absolute atomic E-state index is 15.8. The molecule has 15 nitrogen and oxygen atoms in total. The second-order valence-electron chi connectivity index (χ2n) is 16.4. The number of likely N-dealkylation sites (tertiary alicyclic amines) is 1. The number of aromatic nitrogens is 3. The Balaban J connectivity index is 0.881. The molecule has 3 aliphatic heterocycles. The number of benzene rings is 2. The van der Waals surface area contributed by atoms with Crippen LogP contribution in [0.15, 0.2) is 73.2 Å². The summed E-state index contributed by atoms with van der Waals surface area (Å²) in [5.41, 5.74) is 2.23. The van der Waals surface area contributed by atoms with E-state index in [-0.39, 0.29) is 29.7 Å². The molecule has 0 bridgehead atoms. The molecule has 2 atom stereocenters. The van der Waals surface area contributed by atoms with E-state index >= 15 is 8.78 Å². The number of aromatic amines is 1. The van der Waals surface area contributed by atoms with Crippen molar-refractivity contribution in [2.24, 2.45) is 0 Å². The number of carbonyl (C=O) groups excluding carboxylic acids is 4. The predicted octanol–water partition coefficient (Wildman–Crippen LogP) is 5.42. The fourth-order valence-corrected chi connectivity index (χ4v) is 9.53. The lowest BCUT2D eigenvalue weighted by Crippen LogP contribution is -2.52. The van der Waals surface area contributed by atoms with Gasteiger partial charge in [0.1, 0.15) is 23.3 Å². The third-order valence-electron chi connectivity index (χ3n) is 12.4. The van der Waals surface area contributed by atoms with Gasteiger partial charge in [0.25, 0.3) is 0 Å². The molecule has 18 heteroatoms. The largest absolute Gasteiger partial charge is 0.374 e. The Hall–Kier alpha value is -6.27. The zero-order chi connectivity index (χ0) is 44.4. The highest BCUT2D eigenvalue weighted by Crippen LogP contribution is 2.34. The van der Waals surface area contributed by atoms with Crippen LogP contribution in [0.25, 0.3) is 22.2 Å². The summed E-state index contributed by atoms with van der Waals surface area (Å²) in [5, 5.41) is 5.06. The molecule has 3 fully saturated rings. The van der Waals surface area contributed by atoms with Crippen LogP contribution >= 0.6 is 0 Å². The first-order valence-corrected chi connectivity index (χ1v) is 22.8. The summed E-state index contributed by atoms with van der Waals surface area (Å²) in [5.74, 6) is -2.88. The van der Waals surface area contributed by atoms with Crippen LogP contribution in [0.2, 0.25) is 0 Å². The van der Waals surface area contributed by atoms with Crippen molar-refractivity contribution in [3.63, 3.8) is 0 Å². The average molecular weight is 882 g/mol. The monoisotopic (exact) mass is 881 g/mol. The number of nitrogens with zero attached hydrogens (tertiary/aromatic N) is 5. The van der Waals surface area contributed by atoms with Crippen molar-refractivity contribution in [2.75, 3.05) is 60.8 Å². The molecule has 3 aromatic heterocycles. The molecule has 2 aromatic carbocycles. The minimum absolute atomic E-state index is 0.0453. The number of H-pyrrole nitrogens is 1. The maximum atomic E-state index is 15.8. The van der Waals surface area contributed by atoms with Crippen LogP contribution < -0.4 is 20.3 Å². The molecule has 330 valence electrons. The van der Waals surface area contributed by atoms with Crippen LogP contribution in [0.1, 0.15) is 73.4 Å². The van der Waals surface area contributed by atoms with Crippen molar-refractivity contribution in [3.8, 4) is 11.1 Å². The first kappa shape index (κ1) is 43.4. The smallest absolute Gasteiger partial charge is 0.249 e. The van der Waals surface area contributed by atoms with E-state index in [9.17, 15) is 27.6 Å². The van der Waals surface area contributed by atoms with E-state index in [4.69, 9.17) is 0 Å². The second-order valence-corrected chi connectivity index (χ2v) is 18.5. The summed E-state index contributed by atoms with van der Waals surface area (Å²) < 4.78 is 58.4. The molecule has 0 saturated carbocycles. The third-order valence-corrected chi connectivity index (χ3v) is 14.3. The van der Waals surface area contributed by atoms with Gasteiger partial charge in [-0.3, -0.25) is 34.1 Å². The van der Waals surface area contributed by atoms with E-state index in [1.807, 2.05) is 23.1 Å². The van der Waals surface area contributed by atoms with Crippen molar-refractivity contribution in [1.82, 2.24) is 30.1 Å². The summed E-state index contributed by atoms with van der Waals surface area (Å²) >= 11 is 0. The number of halogens is 2. The lowest BCUT2D eigenvalue weighted by Gasteiger charge is -2.38. The number of ketones is 1. The van der Waals surface area contributed by atoms with E-state index in [2.05, 4.69) is 52.2 Å². The Labute approximate surface area is 363 Å². The summed E-state index contributed by atoms with van der Waals surface area (Å²) in [6.07, 6.45) is 7.52. The van der Waals surface area contributed by atoms with Crippen molar-refractivity contribution < 1.29 is 36.4 Å². The van der Waals surface area contributed by atoms with Crippen LogP contribution in [0.3, 0.4) is 0 Å². The molecule has 63 heavy (non-hydrogen) atoms. The van der Waals surface area contributed by atoms with E-state index < -0.39 is 50.0 Å². The van der Waals surface area contributed by atoms with Gasteiger partial charge in [0.05, 0.1) is 23.0 Å². The number of hydrogen-bond donors (Lipinski definition) is 4. The fourth-order valence-electron chi connectivity index (χ4n) is 8.43. The summed E-state index contributed by atoms with van der Waals surface area (Å²) in [6, 6.07) is 14.8. The molecular formula is C45H49F2N9O6S. The van der Waals surface area contributed by atoms with Gasteiger partial charge in [0, 0.05) is 79.0 Å².